The van der Waals surface area contributed by atoms with E-state index in [1.54, 1.807) is 0 Å². The fraction of sp³-hybridized carbons (Fsp3) is 0.143. The normalized spacial score (nSPS) is 9.56. The lowest BCUT2D eigenvalue weighted by molar-refractivity contribution is 1.28. The van der Waals surface area contributed by atoms with E-state index in [1.807, 2.05) is 24.3 Å². The third-order valence-electron chi connectivity index (χ3n) is 1.09. The van der Waals surface area contributed by atoms with Crippen molar-refractivity contribution in [2.45, 2.75) is 6.54 Å². The standard InChI is InChI=1S/C7H7IN/c8-7-3-1-2-6(4-7)5-9/h1-4,9H,5H2/q-1. The van der Waals surface area contributed by atoms with E-state index in [-0.39, 0.29) is 0 Å². The van der Waals surface area contributed by atoms with Gasteiger partial charge in [-0.15, -0.1) is 6.54 Å². The maximum atomic E-state index is 7.04. The molecule has 0 aliphatic heterocycles. The van der Waals surface area contributed by atoms with Gasteiger partial charge in [0, 0.05) is 3.57 Å². The first kappa shape index (κ1) is 7.02. The smallest absolute Gasteiger partial charge is 0.0132 e. The molecule has 0 amide bonds. The Morgan fingerprint density at radius 3 is 2.67 bits per heavy atom. The molecule has 0 aliphatic rings. The van der Waals surface area contributed by atoms with Gasteiger partial charge in [-0.1, -0.05) is 17.7 Å². The maximum absolute atomic E-state index is 7.04. The highest BCUT2D eigenvalue weighted by Gasteiger charge is 1.84. The summed E-state index contributed by atoms with van der Waals surface area (Å²) >= 11 is 2.25. The van der Waals surface area contributed by atoms with Crippen LogP contribution in [0.25, 0.3) is 5.73 Å². The summed E-state index contributed by atoms with van der Waals surface area (Å²) in [6.07, 6.45) is 0. The number of benzene rings is 1. The predicted molar refractivity (Wildman–Crippen MR) is 47.2 cm³/mol. The summed E-state index contributed by atoms with van der Waals surface area (Å²) in [7, 11) is 0. The summed E-state index contributed by atoms with van der Waals surface area (Å²) in [6.45, 7) is 0.386. The van der Waals surface area contributed by atoms with Crippen molar-refractivity contribution in [3.63, 3.8) is 0 Å². The average molecular weight is 232 g/mol. The molecule has 0 fully saturated rings. The molecular weight excluding hydrogens is 225 g/mol. The fourth-order valence-electron chi connectivity index (χ4n) is 0.647. The van der Waals surface area contributed by atoms with Crippen molar-refractivity contribution in [3.8, 4) is 0 Å². The van der Waals surface area contributed by atoms with Crippen molar-refractivity contribution in [1.82, 2.24) is 0 Å². The SMILES string of the molecule is [NH-]Cc1cccc(I)c1. The van der Waals surface area contributed by atoms with Crippen molar-refractivity contribution in [1.29, 1.82) is 0 Å². The molecule has 48 valence electrons. The van der Waals surface area contributed by atoms with Gasteiger partial charge in [-0.05, 0) is 34.7 Å². The van der Waals surface area contributed by atoms with Crippen LogP contribution in [0.4, 0.5) is 0 Å². The Morgan fingerprint density at radius 1 is 1.44 bits per heavy atom. The Morgan fingerprint density at radius 2 is 2.22 bits per heavy atom. The van der Waals surface area contributed by atoms with Crippen molar-refractivity contribution in [2.24, 2.45) is 0 Å². The molecule has 0 radical (unpaired) electrons. The van der Waals surface area contributed by atoms with Gasteiger partial charge in [-0.25, -0.2) is 0 Å². The van der Waals surface area contributed by atoms with Crippen LogP contribution in [0.15, 0.2) is 24.3 Å². The van der Waals surface area contributed by atoms with Crippen LogP contribution in [-0.2, 0) is 6.54 Å². The number of hydrogen-bond donors (Lipinski definition) is 0. The number of nitrogens with one attached hydrogen (secondary N) is 1. The molecule has 0 aliphatic carbocycles. The molecule has 0 saturated carbocycles. The second kappa shape index (κ2) is 3.17. The first-order valence-corrected chi connectivity index (χ1v) is 3.80. The van der Waals surface area contributed by atoms with Gasteiger partial charge in [-0.2, -0.15) is 0 Å². The highest BCUT2D eigenvalue weighted by molar-refractivity contribution is 14.1. The Kier molecular flexibility index (Phi) is 2.48. The van der Waals surface area contributed by atoms with Crippen molar-refractivity contribution in [3.05, 3.63) is 39.1 Å². The van der Waals surface area contributed by atoms with Gasteiger partial charge in [0.15, 0.2) is 0 Å². The molecule has 1 nitrogen and oxygen atoms in total. The molecule has 0 unspecified atom stereocenters. The largest absolute Gasteiger partial charge is 0.674 e. The molecule has 0 heterocycles. The van der Waals surface area contributed by atoms with Crippen LogP contribution >= 0.6 is 22.6 Å². The molecule has 0 saturated heterocycles. The summed E-state index contributed by atoms with van der Waals surface area (Å²) < 4.78 is 1.21. The van der Waals surface area contributed by atoms with Crippen LogP contribution in [0.1, 0.15) is 5.56 Å². The minimum absolute atomic E-state index is 0.386. The minimum atomic E-state index is 0.386. The summed E-state index contributed by atoms with van der Waals surface area (Å²) in [5, 5.41) is 0. The van der Waals surface area contributed by atoms with E-state index in [1.165, 1.54) is 3.57 Å². The van der Waals surface area contributed by atoms with E-state index >= 15 is 0 Å². The van der Waals surface area contributed by atoms with E-state index in [2.05, 4.69) is 22.6 Å². The van der Waals surface area contributed by atoms with Crippen LogP contribution in [0.3, 0.4) is 0 Å². The molecule has 1 aromatic carbocycles. The lowest BCUT2D eigenvalue weighted by Gasteiger charge is -2.00. The molecule has 9 heavy (non-hydrogen) atoms. The third-order valence-corrected chi connectivity index (χ3v) is 1.76. The number of rotatable bonds is 1. The number of halogens is 1. The highest BCUT2D eigenvalue weighted by atomic mass is 127. The first-order chi connectivity index (χ1) is 4.33. The van der Waals surface area contributed by atoms with E-state index in [9.17, 15) is 0 Å². The maximum Gasteiger partial charge on any atom is 0.0132 e. The fourth-order valence-corrected chi connectivity index (χ4v) is 1.25. The lowest BCUT2D eigenvalue weighted by Crippen LogP contribution is -1.77. The Hall–Kier alpha value is -0.0900. The minimum Gasteiger partial charge on any atom is -0.674 e. The summed E-state index contributed by atoms with van der Waals surface area (Å²) in [5.74, 6) is 0. The van der Waals surface area contributed by atoms with Crippen LogP contribution in [0.5, 0.6) is 0 Å². The zero-order valence-corrected chi connectivity index (χ0v) is 7.05. The van der Waals surface area contributed by atoms with Crippen molar-refractivity contribution < 1.29 is 0 Å². The molecule has 2 heteroatoms. The van der Waals surface area contributed by atoms with Gasteiger partial charge in [0.25, 0.3) is 0 Å². The van der Waals surface area contributed by atoms with Crippen LogP contribution in [0, 0.1) is 3.57 Å². The zero-order chi connectivity index (χ0) is 6.69. The Bertz CT molecular complexity index is 198. The van der Waals surface area contributed by atoms with Gasteiger partial charge < -0.3 is 5.73 Å². The molecule has 1 rings (SSSR count). The van der Waals surface area contributed by atoms with Gasteiger partial charge in [0.1, 0.15) is 0 Å². The van der Waals surface area contributed by atoms with Crippen LogP contribution < -0.4 is 0 Å². The molecule has 0 bridgehead atoms. The monoisotopic (exact) mass is 232 g/mol. The quantitative estimate of drug-likeness (QED) is 0.665. The van der Waals surface area contributed by atoms with Gasteiger partial charge in [-0.3, -0.25) is 0 Å². The van der Waals surface area contributed by atoms with Crippen LogP contribution in [0.2, 0.25) is 0 Å². The van der Waals surface area contributed by atoms with Gasteiger partial charge >= 0.3 is 0 Å². The van der Waals surface area contributed by atoms with Crippen molar-refractivity contribution >= 4 is 22.6 Å². The zero-order valence-electron chi connectivity index (χ0n) is 4.89. The second-order valence-corrected chi connectivity index (χ2v) is 3.05. The Labute approximate surface area is 68.4 Å². The number of hydrogen-bond acceptors (Lipinski definition) is 0. The summed E-state index contributed by atoms with van der Waals surface area (Å²) in [4.78, 5) is 0. The van der Waals surface area contributed by atoms with E-state index in [4.69, 9.17) is 5.73 Å². The van der Waals surface area contributed by atoms with Gasteiger partial charge in [0.05, 0.1) is 0 Å². The molecule has 1 N–H and O–H groups in total. The van der Waals surface area contributed by atoms with Crippen molar-refractivity contribution in [2.75, 3.05) is 0 Å². The van der Waals surface area contributed by atoms with E-state index in [0.29, 0.717) is 6.54 Å². The predicted octanol–water partition coefficient (Wildman–Crippen LogP) is 2.84. The Balaban J connectivity index is 2.94. The van der Waals surface area contributed by atoms with Gasteiger partial charge in [0.2, 0.25) is 0 Å². The van der Waals surface area contributed by atoms with Crippen LogP contribution in [-0.4, -0.2) is 0 Å². The molecule has 0 atom stereocenters. The molecular formula is C7H7IN-. The molecule has 0 aromatic heterocycles. The first-order valence-electron chi connectivity index (χ1n) is 2.72. The summed E-state index contributed by atoms with van der Waals surface area (Å²) in [6, 6.07) is 7.99. The molecule has 0 spiro atoms. The highest BCUT2D eigenvalue weighted by Crippen LogP contribution is 2.07. The summed E-state index contributed by atoms with van der Waals surface area (Å²) in [5.41, 5.74) is 8.12. The lowest BCUT2D eigenvalue weighted by atomic mass is 10.2. The molecule has 1 aromatic rings. The topological polar surface area (TPSA) is 23.8 Å². The third kappa shape index (κ3) is 1.95. The van der Waals surface area contributed by atoms with E-state index < -0.39 is 0 Å². The second-order valence-electron chi connectivity index (χ2n) is 1.81. The average Bonchev–Trinajstić information content (AvgIpc) is 1.88. The van der Waals surface area contributed by atoms with E-state index in [0.717, 1.165) is 5.56 Å².